The van der Waals surface area contributed by atoms with Gasteiger partial charge in [0.15, 0.2) is 0 Å². The van der Waals surface area contributed by atoms with Gasteiger partial charge in [0.2, 0.25) is 5.91 Å². The molecule has 2 unspecified atom stereocenters. The highest BCUT2D eigenvalue weighted by molar-refractivity contribution is 7.92. The number of halogens is 4. The van der Waals surface area contributed by atoms with Gasteiger partial charge in [-0.15, -0.1) is 0 Å². The summed E-state index contributed by atoms with van der Waals surface area (Å²) in [6, 6.07) is 8.25. The zero-order chi connectivity index (χ0) is 23.7. The molecule has 2 aromatic rings. The van der Waals surface area contributed by atoms with Crippen molar-refractivity contribution in [3.05, 3.63) is 70.5 Å². The standard InChI is InChI=1S/C22H22F4N2O3S/c1-3-21(14-5-7-15(8-6-14)22(24,25)26)11-17(21)19(29)28-12(2)13-4-9-16(18(23)10-13)20(30)31-32-27/h4-10,12,17H,3,11,27H2,1-2H3,(H,28,29)/t12-,17?,21?/m1/s1. The lowest BCUT2D eigenvalue weighted by Crippen LogP contribution is -2.31. The van der Waals surface area contributed by atoms with Crippen LogP contribution in [0.15, 0.2) is 42.5 Å². The molecule has 1 aliphatic rings. The average molecular weight is 470 g/mol. The first kappa shape index (κ1) is 24.1. The second-order valence-corrected chi connectivity index (χ2v) is 8.14. The molecule has 0 saturated heterocycles. The van der Waals surface area contributed by atoms with E-state index < -0.39 is 40.9 Å². The van der Waals surface area contributed by atoms with Crippen molar-refractivity contribution in [2.75, 3.05) is 0 Å². The van der Waals surface area contributed by atoms with E-state index in [4.69, 9.17) is 5.14 Å². The van der Waals surface area contributed by atoms with Gasteiger partial charge >= 0.3 is 12.1 Å². The molecule has 10 heteroatoms. The van der Waals surface area contributed by atoms with Crippen LogP contribution in [0.1, 0.15) is 59.8 Å². The molecule has 5 nitrogen and oxygen atoms in total. The van der Waals surface area contributed by atoms with Crippen molar-refractivity contribution in [1.82, 2.24) is 5.32 Å². The summed E-state index contributed by atoms with van der Waals surface area (Å²) in [4.78, 5) is 24.5. The Morgan fingerprint density at radius 2 is 1.91 bits per heavy atom. The number of hydrogen-bond acceptors (Lipinski definition) is 5. The summed E-state index contributed by atoms with van der Waals surface area (Å²) < 4.78 is 57.3. The van der Waals surface area contributed by atoms with E-state index in [2.05, 4.69) is 9.50 Å². The van der Waals surface area contributed by atoms with Crippen LogP contribution in [0.5, 0.6) is 0 Å². The molecule has 0 bridgehead atoms. The molecule has 0 heterocycles. The summed E-state index contributed by atoms with van der Waals surface area (Å²) in [7, 11) is 0. The van der Waals surface area contributed by atoms with Crippen molar-refractivity contribution in [3.63, 3.8) is 0 Å². The van der Waals surface area contributed by atoms with Crippen LogP contribution in [0.2, 0.25) is 0 Å². The van der Waals surface area contributed by atoms with E-state index in [0.717, 1.165) is 18.2 Å². The van der Waals surface area contributed by atoms with E-state index in [1.54, 1.807) is 6.92 Å². The summed E-state index contributed by atoms with van der Waals surface area (Å²) in [6.07, 6.45) is -3.31. The molecule has 0 spiro atoms. The summed E-state index contributed by atoms with van der Waals surface area (Å²) in [6.45, 7) is 3.57. The number of amides is 1. The number of carbonyl (C=O) groups excluding carboxylic acids is 2. The van der Waals surface area contributed by atoms with Gasteiger partial charge in [-0.05, 0) is 55.2 Å². The first-order valence-corrected chi connectivity index (χ1v) is 10.7. The van der Waals surface area contributed by atoms with Crippen molar-refractivity contribution in [2.24, 2.45) is 11.1 Å². The molecular weight excluding hydrogens is 448 g/mol. The summed E-state index contributed by atoms with van der Waals surface area (Å²) >= 11 is 0.315. The molecule has 1 fully saturated rings. The Hall–Kier alpha value is -2.59. The fraction of sp³-hybridized carbons (Fsp3) is 0.364. The minimum Gasteiger partial charge on any atom is -0.371 e. The number of alkyl halides is 3. The van der Waals surface area contributed by atoms with Gasteiger partial charge in [0.25, 0.3) is 0 Å². The molecule has 1 saturated carbocycles. The van der Waals surface area contributed by atoms with Crippen LogP contribution >= 0.6 is 12.2 Å². The van der Waals surface area contributed by atoms with Gasteiger partial charge in [-0.3, -0.25) is 4.79 Å². The van der Waals surface area contributed by atoms with Crippen molar-refractivity contribution in [2.45, 2.75) is 44.3 Å². The summed E-state index contributed by atoms with van der Waals surface area (Å²) in [5, 5.41) is 7.87. The third-order valence-corrected chi connectivity index (χ3v) is 6.25. The van der Waals surface area contributed by atoms with E-state index in [1.807, 2.05) is 6.92 Å². The zero-order valence-electron chi connectivity index (χ0n) is 17.3. The molecular formula is C22H22F4N2O3S. The predicted molar refractivity (Wildman–Crippen MR) is 112 cm³/mol. The maximum Gasteiger partial charge on any atom is 0.416 e. The molecule has 3 N–H and O–H groups in total. The first-order chi connectivity index (χ1) is 15.0. The highest BCUT2D eigenvalue weighted by Gasteiger charge is 2.57. The van der Waals surface area contributed by atoms with E-state index in [-0.39, 0.29) is 11.5 Å². The van der Waals surface area contributed by atoms with Gasteiger partial charge in [-0.1, -0.05) is 25.1 Å². The number of nitrogens with one attached hydrogen (secondary N) is 1. The maximum atomic E-state index is 14.3. The van der Waals surface area contributed by atoms with Crippen molar-refractivity contribution in [3.8, 4) is 0 Å². The Labute approximate surface area is 187 Å². The SMILES string of the molecule is CCC1(c2ccc(C(F)(F)F)cc2)CC1C(=O)N[C@H](C)c1ccc(C(=O)OSN)c(F)c1. The van der Waals surface area contributed by atoms with Gasteiger partial charge in [-0.25, -0.2) is 14.3 Å². The quantitative estimate of drug-likeness (QED) is 0.336. The molecule has 1 aliphatic carbocycles. The predicted octanol–water partition coefficient (Wildman–Crippen LogP) is 5.07. The van der Waals surface area contributed by atoms with Crippen LogP contribution in [-0.2, 0) is 20.6 Å². The van der Waals surface area contributed by atoms with E-state index in [0.29, 0.717) is 36.2 Å². The Morgan fingerprint density at radius 3 is 2.44 bits per heavy atom. The number of carbonyl (C=O) groups is 2. The van der Waals surface area contributed by atoms with Gasteiger partial charge in [-0.2, -0.15) is 13.2 Å². The van der Waals surface area contributed by atoms with Gasteiger partial charge in [0.05, 0.1) is 17.2 Å². The smallest absolute Gasteiger partial charge is 0.371 e. The third-order valence-electron chi connectivity index (χ3n) is 6.01. The van der Waals surface area contributed by atoms with Crippen LogP contribution in [-0.4, -0.2) is 11.9 Å². The lowest BCUT2D eigenvalue weighted by Gasteiger charge is -2.19. The minimum atomic E-state index is -4.42. The van der Waals surface area contributed by atoms with Gasteiger partial charge in [0.1, 0.15) is 18.0 Å². The maximum absolute atomic E-state index is 14.3. The highest BCUT2D eigenvalue weighted by Crippen LogP contribution is 2.57. The molecule has 3 rings (SSSR count). The van der Waals surface area contributed by atoms with Crippen LogP contribution in [0.4, 0.5) is 17.6 Å². The second kappa shape index (κ2) is 9.11. The van der Waals surface area contributed by atoms with Gasteiger partial charge in [0, 0.05) is 11.3 Å². The van der Waals surface area contributed by atoms with E-state index in [1.165, 1.54) is 24.3 Å². The lowest BCUT2D eigenvalue weighted by molar-refractivity contribution is -0.137. The Morgan fingerprint density at radius 1 is 1.25 bits per heavy atom. The van der Waals surface area contributed by atoms with Crippen molar-refractivity contribution < 1.29 is 31.3 Å². The highest BCUT2D eigenvalue weighted by atomic mass is 32.2. The number of hydrogen-bond donors (Lipinski definition) is 2. The topological polar surface area (TPSA) is 81.4 Å². The monoisotopic (exact) mass is 470 g/mol. The Bertz CT molecular complexity index is 1010. The number of nitrogens with two attached hydrogens (primary N) is 1. The normalized spacial score (nSPS) is 21.0. The third kappa shape index (κ3) is 4.75. The minimum absolute atomic E-state index is 0.261. The molecule has 0 aromatic heterocycles. The van der Waals surface area contributed by atoms with Crippen molar-refractivity contribution in [1.29, 1.82) is 0 Å². The summed E-state index contributed by atoms with van der Waals surface area (Å²) in [5.41, 5.74) is -0.397. The number of rotatable bonds is 7. The van der Waals surface area contributed by atoms with Gasteiger partial charge < -0.3 is 9.50 Å². The van der Waals surface area contributed by atoms with Crippen molar-refractivity contribution >= 4 is 24.1 Å². The summed E-state index contributed by atoms with van der Waals surface area (Å²) in [5.74, 6) is -2.38. The lowest BCUT2D eigenvalue weighted by atomic mass is 9.89. The van der Waals surface area contributed by atoms with Crippen LogP contribution in [0.3, 0.4) is 0 Å². The Kier molecular flexibility index (Phi) is 6.85. The van der Waals surface area contributed by atoms with Crippen LogP contribution < -0.4 is 10.5 Å². The largest absolute Gasteiger partial charge is 0.416 e. The molecule has 0 radical (unpaired) electrons. The fourth-order valence-corrected chi connectivity index (χ4v) is 4.18. The molecule has 32 heavy (non-hydrogen) atoms. The fourth-order valence-electron chi connectivity index (χ4n) is 4.01. The first-order valence-electron chi connectivity index (χ1n) is 9.88. The average Bonchev–Trinajstić information content (AvgIpc) is 3.49. The second-order valence-electron chi connectivity index (χ2n) is 7.78. The molecule has 0 aliphatic heterocycles. The number of benzene rings is 2. The molecule has 1 amide bonds. The molecule has 2 aromatic carbocycles. The zero-order valence-corrected chi connectivity index (χ0v) is 18.1. The van der Waals surface area contributed by atoms with Crippen LogP contribution in [0.25, 0.3) is 0 Å². The van der Waals surface area contributed by atoms with Crippen LogP contribution in [0, 0.1) is 11.7 Å². The van der Waals surface area contributed by atoms with E-state index in [9.17, 15) is 27.2 Å². The Balaban J connectivity index is 1.69. The molecule has 172 valence electrons. The molecule has 3 atom stereocenters. The van der Waals surface area contributed by atoms with E-state index >= 15 is 0 Å².